The fraction of sp³-hybridized carbons (Fsp3) is 0.186. The molecule has 5 heteroatoms. The zero-order valence-corrected chi connectivity index (χ0v) is 39.9. The van der Waals surface area contributed by atoms with E-state index in [0.29, 0.717) is 11.4 Å². The number of aromatic nitrogens is 3. The molecule has 64 heavy (non-hydrogen) atoms. The molecule has 0 aliphatic heterocycles. The third-order valence-corrected chi connectivity index (χ3v) is 12.0. The largest absolute Gasteiger partial charge is 0.507 e. The maximum absolute atomic E-state index is 11.7. The van der Waals surface area contributed by atoms with Crippen LogP contribution in [0.2, 0.25) is 0 Å². The van der Waals surface area contributed by atoms with E-state index in [1.165, 1.54) is 0 Å². The van der Waals surface area contributed by atoms with Gasteiger partial charge in [0.1, 0.15) is 11.6 Å². The van der Waals surface area contributed by atoms with Crippen molar-refractivity contribution in [3.8, 4) is 78.6 Å². The van der Waals surface area contributed by atoms with Gasteiger partial charge < -0.3 is 5.11 Å². The number of aryl methyl sites for hydroxylation is 2. The van der Waals surface area contributed by atoms with Crippen LogP contribution in [0.15, 0.2) is 158 Å². The second-order valence-electron chi connectivity index (χ2n) is 17.3. The van der Waals surface area contributed by atoms with Gasteiger partial charge in [0.2, 0.25) is 0 Å². The van der Waals surface area contributed by atoms with Crippen LogP contribution in [0.25, 0.3) is 83.9 Å². The first-order valence-corrected chi connectivity index (χ1v) is 21.6. The van der Waals surface area contributed by atoms with Crippen molar-refractivity contribution in [2.75, 3.05) is 0 Å². The van der Waals surface area contributed by atoms with Gasteiger partial charge in [-0.05, 0) is 117 Å². The van der Waals surface area contributed by atoms with Gasteiger partial charge in [-0.2, -0.15) is 0 Å². The average molecular weight is 1020 g/mol. The predicted molar refractivity (Wildman–Crippen MR) is 264 cm³/mol. The molecule has 0 spiro atoms. The van der Waals surface area contributed by atoms with Crippen LogP contribution in [0.4, 0.5) is 0 Å². The van der Waals surface area contributed by atoms with Gasteiger partial charge in [-0.15, -0.1) is 23.8 Å². The van der Waals surface area contributed by atoms with Gasteiger partial charge in [0.25, 0.3) is 0 Å². The molecule has 7 aromatic carbocycles. The first-order valence-electron chi connectivity index (χ1n) is 23.1. The molecular weight excluding hydrogens is 962 g/mol. The molecule has 0 aliphatic carbocycles. The third kappa shape index (κ3) is 8.52. The molecule has 0 saturated heterocycles. The van der Waals surface area contributed by atoms with Crippen LogP contribution < -0.4 is 0 Å². The first-order chi connectivity index (χ1) is 31.3. The molecule has 322 valence electrons. The van der Waals surface area contributed by atoms with Gasteiger partial charge in [-0.25, -0.2) is 4.98 Å². The van der Waals surface area contributed by atoms with E-state index in [2.05, 4.69) is 89.5 Å². The van der Waals surface area contributed by atoms with Crippen molar-refractivity contribution in [1.82, 2.24) is 14.5 Å². The first kappa shape index (κ1) is 40.4. The van der Waals surface area contributed by atoms with Gasteiger partial charge in [0.15, 0.2) is 0 Å². The number of hydrogen-bond donors (Lipinski definition) is 1. The number of para-hydroxylation sites is 1. The van der Waals surface area contributed by atoms with E-state index in [0.717, 1.165) is 100 Å². The second-order valence-corrected chi connectivity index (χ2v) is 17.3. The van der Waals surface area contributed by atoms with Crippen LogP contribution in [0.5, 0.6) is 5.75 Å². The van der Waals surface area contributed by atoms with Crippen molar-refractivity contribution in [3.05, 3.63) is 192 Å². The number of imidazole rings is 1. The van der Waals surface area contributed by atoms with E-state index >= 15 is 0 Å². The Morgan fingerprint density at radius 2 is 1.22 bits per heavy atom. The molecule has 9 rings (SSSR count). The summed E-state index contributed by atoms with van der Waals surface area (Å²) in [6, 6.07) is 55.1. The fourth-order valence-corrected chi connectivity index (χ4v) is 8.77. The number of nitrogens with zero attached hydrogens (tertiary/aromatic N) is 3. The Hall–Kier alpha value is -6.35. The van der Waals surface area contributed by atoms with Crippen LogP contribution in [-0.2, 0) is 21.1 Å². The Balaban J connectivity index is 0.00000608. The number of fused-ring (bicyclic) bond motifs is 1. The Morgan fingerprint density at radius 1 is 0.578 bits per heavy atom. The molecule has 0 atom stereocenters. The minimum Gasteiger partial charge on any atom is -0.507 e. The molecule has 0 saturated carbocycles. The van der Waals surface area contributed by atoms with E-state index in [9.17, 15) is 5.11 Å². The Morgan fingerprint density at radius 3 is 1.89 bits per heavy atom. The van der Waals surface area contributed by atoms with Crippen molar-refractivity contribution in [2.45, 2.75) is 73.1 Å². The molecule has 1 N–H and O–H groups in total. The third-order valence-electron chi connectivity index (χ3n) is 12.0. The average Bonchev–Trinajstić information content (AvgIpc) is 3.69. The Kier molecular flexibility index (Phi) is 11.6. The summed E-state index contributed by atoms with van der Waals surface area (Å²) in [5, 5.41) is 11.7. The summed E-state index contributed by atoms with van der Waals surface area (Å²) in [6.07, 6.45) is 1.84. The van der Waals surface area contributed by atoms with E-state index in [4.69, 9.17) is 14.1 Å². The number of phenolic OH excluding ortho intramolecular Hbond substituents is 1. The Bertz CT molecular complexity index is 3230. The predicted octanol–water partition coefficient (Wildman–Crippen LogP) is 15.9. The number of hydrogen-bond acceptors (Lipinski definition) is 3. The molecule has 0 aliphatic rings. The summed E-state index contributed by atoms with van der Waals surface area (Å²) in [5.74, 6) is -1.69. The smallest absolute Gasteiger partial charge is 0.148 e. The van der Waals surface area contributed by atoms with Gasteiger partial charge in [-0.3, -0.25) is 9.55 Å². The number of benzene rings is 7. The van der Waals surface area contributed by atoms with Crippen molar-refractivity contribution >= 4 is 11.0 Å². The normalized spacial score (nSPS) is 12.7. The molecular formula is C59H54N3OPt-. The van der Waals surface area contributed by atoms with Crippen molar-refractivity contribution in [3.63, 3.8) is 0 Å². The maximum atomic E-state index is 11.7. The summed E-state index contributed by atoms with van der Waals surface area (Å²) in [6.45, 7) is 15.3. The van der Waals surface area contributed by atoms with Crippen LogP contribution >= 0.6 is 0 Å². The molecule has 0 amide bonds. The van der Waals surface area contributed by atoms with Crippen LogP contribution in [0.3, 0.4) is 0 Å². The summed E-state index contributed by atoms with van der Waals surface area (Å²) >= 11 is 0. The van der Waals surface area contributed by atoms with Crippen LogP contribution in [0.1, 0.15) is 91.2 Å². The van der Waals surface area contributed by atoms with Crippen molar-refractivity contribution in [1.29, 1.82) is 0 Å². The van der Waals surface area contributed by atoms with Crippen LogP contribution in [-0.4, -0.2) is 19.6 Å². The number of rotatable bonds is 10. The minimum absolute atomic E-state index is 0. The molecule has 9 aromatic rings. The molecule has 2 heterocycles. The zero-order chi connectivity index (χ0) is 46.7. The summed E-state index contributed by atoms with van der Waals surface area (Å²) in [4.78, 5) is 10.3. The molecule has 0 bridgehead atoms. The number of phenols is 1. The van der Waals surface area contributed by atoms with Gasteiger partial charge >= 0.3 is 0 Å². The van der Waals surface area contributed by atoms with Gasteiger partial charge in [-0.1, -0.05) is 167 Å². The minimum atomic E-state index is -0.889. The summed E-state index contributed by atoms with van der Waals surface area (Å²) < 4.78 is 28.7. The van der Waals surface area contributed by atoms with Crippen molar-refractivity contribution < 1.29 is 30.3 Å². The Labute approximate surface area is 397 Å². The quantitative estimate of drug-likeness (QED) is 0.139. The molecule has 0 fully saturated rings. The van der Waals surface area contributed by atoms with Gasteiger partial charge in [0, 0.05) is 42.8 Å². The fourth-order valence-electron chi connectivity index (χ4n) is 8.77. The standard InChI is InChI=1S/C59H54N3O.Pt/c1-36(2)41-20-22-43(23-21-41)45-28-29-60-54(35-45)48-33-46(42-14-10-9-11-15-42)32-47(34-48)52-18-13-19-55-57(52)61-59(53-31-39(7)30-40(8)58(53)63)62(55)49-26-24-44(25-27-49)56-50(37(3)4)16-12-17-51(56)38(5)6;/h9-33,35-38,63H,1-8H3;/q-1;/i36D,37D,38D;. The zero-order valence-electron chi connectivity index (χ0n) is 40.6. The second kappa shape index (κ2) is 18.4. The van der Waals surface area contributed by atoms with Gasteiger partial charge in [0.05, 0.1) is 16.6 Å². The number of pyridine rings is 1. The summed E-state index contributed by atoms with van der Waals surface area (Å²) in [7, 11) is 0. The molecule has 0 unspecified atom stereocenters. The van der Waals surface area contributed by atoms with E-state index in [1.54, 1.807) is 0 Å². The number of aromatic hydroxyl groups is 1. The molecule has 0 radical (unpaired) electrons. The molecule has 2 aromatic heterocycles. The molecule has 4 nitrogen and oxygen atoms in total. The van der Waals surface area contributed by atoms with Crippen LogP contribution in [0, 0.1) is 19.9 Å². The van der Waals surface area contributed by atoms with E-state index < -0.39 is 17.7 Å². The SMILES string of the molecule is [2H]C(C)(C)c1ccc(-c2ccnc(-c3[c-]c(-c4cccc5c4nc(-c4cc(C)cc(C)c4O)n5-c4ccc(-c5c(C([2H])(C)C)cccc5C([2H])(C)C)cc4)cc(-c4ccccc4)c3)c2)cc1.[Pt]. The monoisotopic (exact) mass is 1020 g/mol. The maximum Gasteiger partial charge on any atom is 0.148 e. The summed E-state index contributed by atoms with van der Waals surface area (Å²) in [5.41, 5.74) is 16.9. The van der Waals surface area contributed by atoms with E-state index in [-0.39, 0.29) is 26.8 Å². The topological polar surface area (TPSA) is 50.9 Å². The van der Waals surface area contributed by atoms with E-state index in [1.807, 2.05) is 134 Å². The van der Waals surface area contributed by atoms with Crippen molar-refractivity contribution in [2.24, 2.45) is 0 Å².